The topological polar surface area (TPSA) is 66.5 Å². The molecule has 4 N–H and O–H groups in total. The van der Waals surface area contributed by atoms with E-state index in [4.69, 9.17) is 15.9 Å². The molecule has 0 aliphatic carbocycles. The highest BCUT2D eigenvalue weighted by molar-refractivity contribution is 5.94. The molecule has 0 bridgehead atoms. The van der Waals surface area contributed by atoms with Gasteiger partial charge in [0, 0.05) is 17.5 Å². The first-order chi connectivity index (χ1) is 7.68. The van der Waals surface area contributed by atoms with Crippen molar-refractivity contribution in [2.45, 2.75) is 19.1 Å². The van der Waals surface area contributed by atoms with Gasteiger partial charge in [0.2, 0.25) is 0 Å². The van der Waals surface area contributed by atoms with Gasteiger partial charge in [-0.25, -0.2) is 0 Å². The van der Waals surface area contributed by atoms with Crippen LogP contribution in [0.3, 0.4) is 0 Å². The van der Waals surface area contributed by atoms with E-state index in [-0.39, 0.29) is 0 Å². The minimum absolute atomic E-state index is 0.308. The van der Waals surface area contributed by atoms with Crippen LogP contribution in [0, 0.1) is 0 Å². The van der Waals surface area contributed by atoms with Gasteiger partial charge in [-0.15, -0.1) is 0 Å². The fourth-order valence-electron chi connectivity index (χ4n) is 1.84. The smallest absolute Gasteiger partial charge is 0.151 e. The number of hydrogen-bond donors (Lipinski definition) is 3. The van der Waals surface area contributed by atoms with Crippen LogP contribution in [0.15, 0.2) is 36.4 Å². The summed E-state index contributed by atoms with van der Waals surface area (Å²) < 4.78 is 0. The molecule has 0 saturated carbocycles. The molecule has 3 nitrogen and oxygen atoms in total. The Labute approximate surface area is 94.1 Å². The standard InChI is InChI=1S/C13H15NO2/c14-13-10(7-8-12(15)16)6-5-9-3-1-2-4-11(9)13/h1-6,12,15-16H,7-8,14H2. The zero-order valence-electron chi connectivity index (χ0n) is 8.93. The van der Waals surface area contributed by atoms with Crippen LogP contribution in [0.4, 0.5) is 5.69 Å². The van der Waals surface area contributed by atoms with E-state index in [0.717, 1.165) is 22.0 Å². The Morgan fingerprint density at radius 3 is 2.56 bits per heavy atom. The Morgan fingerprint density at radius 1 is 1.06 bits per heavy atom. The molecule has 2 aromatic carbocycles. The number of aliphatic hydroxyl groups is 2. The normalized spacial score (nSPS) is 11.2. The molecule has 0 aromatic heterocycles. The number of hydrogen-bond acceptors (Lipinski definition) is 3. The van der Waals surface area contributed by atoms with E-state index in [1.165, 1.54) is 0 Å². The third-order valence-electron chi connectivity index (χ3n) is 2.73. The predicted molar refractivity (Wildman–Crippen MR) is 64.9 cm³/mol. The average Bonchev–Trinajstić information content (AvgIpc) is 2.28. The third kappa shape index (κ3) is 2.15. The van der Waals surface area contributed by atoms with Crippen molar-refractivity contribution in [3.63, 3.8) is 0 Å². The van der Waals surface area contributed by atoms with Crippen LogP contribution in [0.25, 0.3) is 10.8 Å². The molecule has 0 amide bonds. The fourth-order valence-corrected chi connectivity index (χ4v) is 1.84. The summed E-state index contributed by atoms with van der Waals surface area (Å²) in [6.07, 6.45) is -0.387. The number of fused-ring (bicyclic) bond motifs is 1. The lowest BCUT2D eigenvalue weighted by atomic mass is 10.0. The Morgan fingerprint density at radius 2 is 1.81 bits per heavy atom. The monoisotopic (exact) mass is 217 g/mol. The molecule has 84 valence electrons. The number of nitrogens with two attached hydrogens (primary N) is 1. The Kier molecular flexibility index (Phi) is 3.08. The Bertz CT molecular complexity index is 494. The van der Waals surface area contributed by atoms with E-state index in [1.807, 2.05) is 36.4 Å². The van der Waals surface area contributed by atoms with Crippen molar-refractivity contribution in [3.8, 4) is 0 Å². The highest BCUT2D eigenvalue weighted by Gasteiger charge is 2.05. The van der Waals surface area contributed by atoms with Crippen LogP contribution >= 0.6 is 0 Å². The first kappa shape index (κ1) is 10.9. The maximum Gasteiger partial charge on any atom is 0.151 e. The van der Waals surface area contributed by atoms with Crippen molar-refractivity contribution in [3.05, 3.63) is 42.0 Å². The van der Waals surface area contributed by atoms with Gasteiger partial charge in [0.15, 0.2) is 6.29 Å². The number of nitrogen functional groups attached to an aromatic ring is 1. The molecular formula is C13H15NO2. The second-order valence-corrected chi connectivity index (χ2v) is 3.88. The summed E-state index contributed by atoms with van der Waals surface area (Å²) in [7, 11) is 0. The van der Waals surface area contributed by atoms with E-state index in [9.17, 15) is 0 Å². The van der Waals surface area contributed by atoms with Crippen molar-refractivity contribution in [2.24, 2.45) is 0 Å². The van der Waals surface area contributed by atoms with Crippen LogP contribution in [0.2, 0.25) is 0 Å². The summed E-state index contributed by atoms with van der Waals surface area (Å²) in [5, 5.41) is 19.8. The maximum atomic E-state index is 8.83. The molecule has 0 heterocycles. The van der Waals surface area contributed by atoms with Crippen LogP contribution in [-0.2, 0) is 6.42 Å². The molecule has 0 unspecified atom stereocenters. The summed E-state index contributed by atoms with van der Waals surface area (Å²) in [5.41, 5.74) is 7.74. The first-order valence-electron chi connectivity index (χ1n) is 5.30. The van der Waals surface area contributed by atoms with Crippen LogP contribution < -0.4 is 5.73 Å². The Balaban J connectivity index is 2.37. The molecule has 0 aliphatic rings. The van der Waals surface area contributed by atoms with E-state index in [1.54, 1.807) is 0 Å². The third-order valence-corrected chi connectivity index (χ3v) is 2.73. The summed E-state index contributed by atoms with van der Waals surface area (Å²) in [6.45, 7) is 0. The zero-order chi connectivity index (χ0) is 11.5. The highest BCUT2D eigenvalue weighted by atomic mass is 16.5. The minimum atomic E-state index is -1.27. The fraction of sp³-hybridized carbons (Fsp3) is 0.231. The lowest BCUT2D eigenvalue weighted by Gasteiger charge is -2.09. The molecule has 2 rings (SSSR count). The second-order valence-electron chi connectivity index (χ2n) is 3.88. The molecule has 0 spiro atoms. The van der Waals surface area contributed by atoms with Gasteiger partial charge in [0.1, 0.15) is 0 Å². The molecule has 16 heavy (non-hydrogen) atoms. The maximum absolute atomic E-state index is 8.83. The van der Waals surface area contributed by atoms with Crippen molar-refractivity contribution in [2.75, 3.05) is 5.73 Å². The van der Waals surface area contributed by atoms with E-state index in [0.29, 0.717) is 12.8 Å². The molecule has 0 atom stereocenters. The number of aliphatic hydroxyl groups excluding tert-OH is 1. The quantitative estimate of drug-likeness (QED) is 0.541. The Hall–Kier alpha value is -1.58. The first-order valence-corrected chi connectivity index (χ1v) is 5.30. The lowest BCUT2D eigenvalue weighted by Crippen LogP contribution is -2.06. The summed E-state index contributed by atoms with van der Waals surface area (Å²) in [5.74, 6) is 0. The van der Waals surface area contributed by atoms with E-state index < -0.39 is 6.29 Å². The van der Waals surface area contributed by atoms with Crippen LogP contribution in [0.5, 0.6) is 0 Å². The second kappa shape index (κ2) is 4.51. The number of aryl methyl sites for hydroxylation is 1. The molecule has 2 aromatic rings. The average molecular weight is 217 g/mol. The van der Waals surface area contributed by atoms with Gasteiger partial charge in [0.05, 0.1) is 0 Å². The minimum Gasteiger partial charge on any atom is -0.398 e. The zero-order valence-corrected chi connectivity index (χ0v) is 8.93. The van der Waals surface area contributed by atoms with Gasteiger partial charge < -0.3 is 15.9 Å². The summed E-state index contributed by atoms with van der Waals surface area (Å²) >= 11 is 0. The summed E-state index contributed by atoms with van der Waals surface area (Å²) in [6, 6.07) is 11.9. The van der Waals surface area contributed by atoms with Crippen LogP contribution in [0.1, 0.15) is 12.0 Å². The molecule has 0 fully saturated rings. The lowest BCUT2D eigenvalue weighted by molar-refractivity contribution is -0.0446. The van der Waals surface area contributed by atoms with Crippen molar-refractivity contribution >= 4 is 16.5 Å². The van der Waals surface area contributed by atoms with Crippen molar-refractivity contribution in [1.82, 2.24) is 0 Å². The highest BCUT2D eigenvalue weighted by Crippen LogP contribution is 2.25. The van der Waals surface area contributed by atoms with E-state index >= 15 is 0 Å². The van der Waals surface area contributed by atoms with Gasteiger partial charge in [-0.1, -0.05) is 36.4 Å². The number of rotatable bonds is 3. The van der Waals surface area contributed by atoms with E-state index in [2.05, 4.69) is 0 Å². The van der Waals surface area contributed by atoms with Gasteiger partial charge in [-0.05, 0) is 17.4 Å². The van der Waals surface area contributed by atoms with Gasteiger partial charge in [-0.2, -0.15) is 0 Å². The van der Waals surface area contributed by atoms with Crippen molar-refractivity contribution in [1.29, 1.82) is 0 Å². The molecule has 0 radical (unpaired) electrons. The number of anilines is 1. The molecule has 0 aliphatic heterocycles. The van der Waals surface area contributed by atoms with Crippen molar-refractivity contribution < 1.29 is 10.2 Å². The molecular weight excluding hydrogens is 202 g/mol. The van der Waals surface area contributed by atoms with Gasteiger partial charge in [0.25, 0.3) is 0 Å². The molecule has 0 saturated heterocycles. The van der Waals surface area contributed by atoms with Gasteiger partial charge in [-0.3, -0.25) is 0 Å². The number of benzene rings is 2. The SMILES string of the molecule is Nc1c(CCC(O)O)ccc2ccccc12. The molecule has 3 heteroatoms. The largest absolute Gasteiger partial charge is 0.398 e. The predicted octanol–water partition coefficient (Wildman–Crippen LogP) is 1.67. The summed E-state index contributed by atoms with van der Waals surface area (Å²) in [4.78, 5) is 0. The van der Waals surface area contributed by atoms with Crippen LogP contribution in [-0.4, -0.2) is 16.5 Å². The van der Waals surface area contributed by atoms with Gasteiger partial charge >= 0.3 is 0 Å².